The predicted octanol–water partition coefficient (Wildman–Crippen LogP) is -3.40. The molecule has 0 aromatic carbocycles. The summed E-state index contributed by atoms with van der Waals surface area (Å²) in [6.07, 6.45) is -11.4. The normalized spacial score (nSPS) is 37.4. The van der Waals surface area contributed by atoms with Gasteiger partial charge in [-0.05, 0) is 6.42 Å². The van der Waals surface area contributed by atoms with Gasteiger partial charge in [-0.2, -0.15) is 8.42 Å². The van der Waals surface area contributed by atoms with Gasteiger partial charge in [0.2, 0.25) is 6.29 Å². The summed E-state index contributed by atoms with van der Waals surface area (Å²) in [4.78, 5) is 0. The van der Waals surface area contributed by atoms with E-state index in [1.54, 1.807) is 0 Å². The Bertz CT molecular complexity index is 711. The molecule has 2 saturated heterocycles. The van der Waals surface area contributed by atoms with Crippen molar-refractivity contribution in [1.82, 2.24) is 0 Å². The second kappa shape index (κ2) is 16.5. The van der Waals surface area contributed by atoms with E-state index in [2.05, 4.69) is 11.1 Å². The number of unbranched alkanes of at least 4 members (excludes halogenated alkanes) is 5. The molecule has 0 unspecified atom stereocenters. The van der Waals surface area contributed by atoms with E-state index >= 15 is 0 Å². The first-order valence-corrected chi connectivity index (χ1v) is 13.1. The number of hydrogen-bond donors (Lipinski definition) is 7. The fourth-order valence-corrected chi connectivity index (χ4v) is 4.76. The van der Waals surface area contributed by atoms with Gasteiger partial charge in [0.1, 0.15) is 48.8 Å². The second-order valence-electron chi connectivity index (χ2n) is 8.61. The van der Waals surface area contributed by atoms with E-state index in [4.69, 9.17) is 18.4 Å². The van der Waals surface area contributed by atoms with Gasteiger partial charge < -0.3 is 50.0 Å². The number of aliphatic hydroxyl groups is 7. The monoisotopic (exact) mass is 558 g/mol. The van der Waals surface area contributed by atoms with Crippen LogP contribution in [-0.2, 0) is 33.0 Å². The summed E-state index contributed by atoms with van der Waals surface area (Å²) in [5.74, 6) is 0. The molecule has 0 aliphatic carbocycles. The van der Waals surface area contributed by atoms with Gasteiger partial charge in [0.15, 0.2) is 6.29 Å². The molecular weight excluding hydrogens is 519 g/mol. The van der Waals surface area contributed by atoms with Crippen molar-refractivity contribution in [3.05, 3.63) is 0 Å². The van der Waals surface area contributed by atoms with Crippen molar-refractivity contribution >= 4 is 40.0 Å². The van der Waals surface area contributed by atoms with E-state index in [9.17, 15) is 44.2 Å². The Morgan fingerprint density at radius 3 is 1.86 bits per heavy atom. The van der Waals surface area contributed by atoms with Gasteiger partial charge in [-0.25, -0.2) is 8.37 Å². The molecule has 210 valence electrons. The second-order valence-corrected chi connectivity index (χ2v) is 9.81. The Hall–Kier alpha value is 0.470. The Morgan fingerprint density at radius 1 is 0.694 bits per heavy atom. The Morgan fingerprint density at radius 2 is 1.25 bits per heavy atom. The van der Waals surface area contributed by atoms with E-state index in [0.29, 0.717) is 6.42 Å². The molecule has 0 saturated carbocycles. The first-order valence-electron chi connectivity index (χ1n) is 11.7. The Labute approximate surface area is 232 Å². The molecule has 16 heteroatoms. The molecule has 36 heavy (non-hydrogen) atoms. The van der Waals surface area contributed by atoms with Crippen molar-refractivity contribution in [2.24, 2.45) is 0 Å². The summed E-state index contributed by atoms with van der Waals surface area (Å²) in [6.45, 7) is 0.695. The van der Waals surface area contributed by atoms with Crippen LogP contribution in [0.25, 0.3) is 0 Å². The standard InChI is InChI=1S/C20H38O14S.Na.H/c1-2-3-4-5-6-7-8-30-19-17(27)15(25)18(12(10-22)32-19)33-35(28,29)34-20-16(26)14(24)13(23)11(9-21)31-20;;/h11-27H,2-10H2,1H3;;/t11-,12-,13+,14+,15-,16-,17-,18-,19+,20+;;/m1../s1. The van der Waals surface area contributed by atoms with Crippen molar-refractivity contribution in [2.75, 3.05) is 19.8 Å². The molecule has 0 spiro atoms. The van der Waals surface area contributed by atoms with Gasteiger partial charge in [-0.3, -0.25) is 0 Å². The minimum absolute atomic E-state index is 0. The van der Waals surface area contributed by atoms with Crippen LogP contribution in [0.3, 0.4) is 0 Å². The van der Waals surface area contributed by atoms with Crippen LogP contribution in [0.15, 0.2) is 0 Å². The topological polar surface area (TPSA) is 222 Å². The van der Waals surface area contributed by atoms with Crippen molar-refractivity contribution in [3.63, 3.8) is 0 Å². The zero-order valence-corrected chi connectivity index (χ0v) is 20.4. The van der Waals surface area contributed by atoms with E-state index < -0.39 is 85.0 Å². The van der Waals surface area contributed by atoms with Crippen LogP contribution in [0.4, 0.5) is 0 Å². The summed E-state index contributed by atoms with van der Waals surface area (Å²) in [6, 6.07) is 0. The predicted molar refractivity (Wildman–Crippen MR) is 123 cm³/mol. The zero-order valence-electron chi connectivity index (χ0n) is 19.5. The van der Waals surface area contributed by atoms with Gasteiger partial charge in [0.05, 0.1) is 13.2 Å². The van der Waals surface area contributed by atoms with Crippen LogP contribution in [-0.4, -0.2) is 155 Å². The molecular formula is C20H39NaO14S. The van der Waals surface area contributed by atoms with Crippen LogP contribution < -0.4 is 0 Å². The number of ether oxygens (including phenoxy) is 3. The maximum absolute atomic E-state index is 12.4. The van der Waals surface area contributed by atoms with Crippen molar-refractivity contribution in [1.29, 1.82) is 0 Å². The molecule has 0 radical (unpaired) electrons. The molecule has 0 aromatic rings. The SMILES string of the molecule is CCCCCCCCO[C@H]1O[C@H](CO)[C@@H](OS(=O)(=O)O[C@@H]2O[C@H](CO)[C@H](O)[C@H](O)[C@H]2O)[C@H](O)[C@H]1O.[NaH]. The third-order valence-corrected chi connectivity index (χ3v) is 6.77. The molecule has 2 aliphatic heterocycles. The first-order chi connectivity index (χ1) is 16.6. The van der Waals surface area contributed by atoms with Gasteiger partial charge in [-0.15, -0.1) is 0 Å². The first kappa shape index (κ1) is 34.5. The molecule has 0 amide bonds. The summed E-state index contributed by atoms with van der Waals surface area (Å²) in [7, 11) is -5.10. The molecule has 2 rings (SSSR count). The summed E-state index contributed by atoms with van der Waals surface area (Å²) < 4.78 is 50.0. The average Bonchev–Trinajstić information content (AvgIpc) is 2.82. The maximum atomic E-state index is 12.4. The molecule has 2 heterocycles. The van der Waals surface area contributed by atoms with Gasteiger partial charge in [-0.1, -0.05) is 39.0 Å². The fourth-order valence-electron chi connectivity index (χ4n) is 3.81. The van der Waals surface area contributed by atoms with Crippen molar-refractivity contribution in [2.45, 2.75) is 107 Å². The molecule has 2 aliphatic rings. The van der Waals surface area contributed by atoms with E-state index in [-0.39, 0.29) is 36.2 Å². The van der Waals surface area contributed by atoms with E-state index in [1.807, 2.05) is 0 Å². The Kier molecular flexibility index (Phi) is 15.9. The number of hydrogen-bond acceptors (Lipinski definition) is 14. The van der Waals surface area contributed by atoms with Gasteiger partial charge in [0, 0.05) is 6.61 Å². The molecule has 10 atom stereocenters. The van der Waals surface area contributed by atoms with E-state index in [1.165, 1.54) is 0 Å². The minimum atomic E-state index is -5.10. The number of aliphatic hydroxyl groups excluding tert-OH is 7. The van der Waals surface area contributed by atoms with Crippen LogP contribution in [0.2, 0.25) is 0 Å². The van der Waals surface area contributed by atoms with Crippen LogP contribution in [0.5, 0.6) is 0 Å². The van der Waals surface area contributed by atoms with Gasteiger partial charge >= 0.3 is 40.0 Å². The molecule has 0 bridgehead atoms. The summed E-state index contributed by atoms with van der Waals surface area (Å²) in [5.41, 5.74) is 0. The van der Waals surface area contributed by atoms with Crippen molar-refractivity contribution < 1.29 is 66.7 Å². The number of rotatable bonds is 14. The fraction of sp³-hybridized carbons (Fsp3) is 1.00. The van der Waals surface area contributed by atoms with E-state index in [0.717, 1.165) is 32.1 Å². The molecule has 0 aromatic heterocycles. The van der Waals surface area contributed by atoms with Crippen LogP contribution >= 0.6 is 0 Å². The van der Waals surface area contributed by atoms with Crippen LogP contribution in [0.1, 0.15) is 45.4 Å². The zero-order chi connectivity index (χ0) is 26.2. The summed E-state index contributed by atoms with van der Waals surface area (Å²) in [5, 5.41) is 69.1. The third kappa shape index (κ3) is 9.59. The quantitative estimate of drug-likeness (QED) is 0.0816. The van der Waals surface area contributed by atoms with Gasteiger partial charge in [0.25, 0.3) is 0 Å². The third-order valence-electron chi connectivity index (χ3n) is 5.89. The Balaban J connectivity index is 0.00000648. The van der Waals surface area contributed by atoms with Crippen molar-refractivity contribution in [3.8, 4) is 0 Å². The molecule has 7 N–H and O–H groups in total. The van der Waals surface area contributed by atoms with Crippen LogP contribution in [0, 0.1) is 0 Å². The molecule has 2 fully saturated rings. The average molecular weight is 559 g/mol. The molecule has 14 nitrogen and oxygen atoms in total. The summed E-state index contributed by atoms with van der Waals surface area (Å²) >= 11 is 0.